The number of fused-ring (bicyclic) bond motifs is 4. The molecule has 27 heavy (non-hydrogen) atoms. The summed E-state index contributed by atoms with van der Waals surface area (Å²) in [6.45, 7) is 1.40. The second-order valence-corrected chi connectivity index (χ2v) is 11.6. The van der Waals surface area contributed by atoms with Crippen molar-refractivity contribution in [3.8, 4) is 0 Å². The van der Waals surface area contributed by atoms with Crippen LogP contribution in [0.2, 0.25) is 12.1 Å². The predicted molar refractivity (Wildman–Crippen MR) is 123 cm³/mol. The maximum atomic E-state index is 6.47. The van der Waals surface area contributed by atoms with E-state index in [1.54, 1.807) is 0 Å². The van der Waals surface area contributed by atoms with Crippen molar-refractivity contribution in [2.24, 2.45) is 11.5 Å². The summed E-state index contributed by atoms with van der Waals surface area (Å²) in [6.07, 6.45) is 0. The fraction of sp³-hybridized carbons (Fsp3) is 0.182. The Balaban J connectivity index is 1.93. The highest BCUT2D eigenvalue weighted by Crippen LogP contribution is 2.29. The highest BCUT2D eigenvalue weighted by molar-refractivity contribution is 6.74. The van der Waals surface area contributed by atoms with Crippen LogP contribution in [-0.4, -0.2) is 31.9 Å². The molecule has 1 unspecified atom stereocenters. The van der Waals surface area contributed by atoms with Crippen molar-refractivity contribution in [3.05, 3.63) is 66.7 Å². The van der Waals surface area contributed by atoms with Gasteiger partial charge in [-0.15, -0.1) is 0 Å². The number of benzene rings is 4. The minimum Gasteiger partial charge on any atom is -0.459 e. The molecule has 0 spiro atoms. The summed E-state index contributed by atoms with van der Waals surface area (Å²) in [6, 6.07) is 26.3. The smallest absolute Gasteiger partial charge is 0.197 e. The lowest BCUT2D eigenvalue weighted by Gasteiger charge is -2.19. The maximum absolute atomic E-state index is 6.47. The molecule has 1 atom stereocenters. The zero-order valence-electron chi connectivity index (χ0n) is 15.5. The Hall–Kier alpha value is -2.03. The van der Waals surface area contributed by atoms with Crippen molar-refractivity contribution in [1.29, 1.82) is 0 Å². The molecule has 4 N–H and O–H groups in total. The standard InChI is InChI=1S/C22H26N2OSi2/c23-10-12-26-25-27(13-11-24)21-7-3-6-16-8-9-19-14-17-4-1-2-5-18(17)15-20(19)22(16)21/h1-9,14-15,27H,10-13,23-24,26H2. The Kier molecular flexibility index (Phi) is 5.66. The first kappa shape index (κ1) is 18.3. The quantitative estimate of drug-likeness (QED) is 0.221. The van der Waals surface area contributed by atoms with Gasteiger partial charge in [0.15, 0.2) is 9.04 Å². The van der Waals surface area contributed by atoms with Gasteiger partial charge in [0.1, 0.15) is 9.76 Å². The Morgan fingerprint density at radius 3 is 2.30 bits per heavy atom. The third-order valence-corrected chi connectivity index (χ3v) is 10.5. The average Bonchev–Trinajstić information content (AvgIpc) is 2.71. The summed E-state index contributed by atoms with van der Waals surface area (Å²) >= 11 is 0. The lowest BCUT2D eigenvalue weighted by Crippen LogP contribution is -2.37. The first-order valence-corrected chi connectivity index (χ1v) is 13.1. The van der Waals surface area contributed by atoms with Crippen LogP contribution in [0.1, 0.15) is 0 Å². The molecule has 0 aliphatic heterocycles. The van der Waals surface area contributed by atoms with Crippen LogP contribution in [-0.2, 0) is 4.12 Å². The Labute approximate surface area is 164 Å². The molecule has 4 rings (SSSR count). The molecular weight excluding hydrogens is 364 g/mol. The molecule has 0 amide bonds. The van der Waals surface area contributed by atoms with Gasteiger partial charge >= 0.3 is 0 Å². The molecule has 138 valence electrons. The van der Waals surface area contributed by atoms with Crippen LogP contribution in [0, 0.1) is 0 Å². The fourth-order valence-corrected chi connectivity index (χ4v) is 8.83. The Morgan fingerprint density at radius 2 is 1.52 bits per heavy atom. The summed E-state index contributed by atoms with van der Waals surface area (Å²) < 4.78 is 6.47. The van der Waals surface area contributed by atoms with E-state index < -0.39 is 18.8 Å². The van der Waals surface area contributed by atoms with E-state index in [9.17, 15) is 0 Å². The Morgan fingerprint density at radius 1 is 0.778 bits per heavy atom. The van der Waals surface area contributed by atoms with E-state index in [1.165, 1.54) is 37.5 Å². The van der Waals surface area contributed by atoms with E-state index in [1.807, 2.05) is 0 Å². The van der Waals surface area contributed by atoms with Gasteiger partial charge < -0.3 is 15.6 Å². The van der Waals surface area contributed by atoms with Crippen molar-refractivity contribution in [2.75, 3.05) is 13.1 Å². The minimum atomic E-state index is -1.56. The van der Waals surface area contributed by atoms with Gasteiger partial charge in [-0.1, -0.05) is 54.6 Å². The van der Waals surface area contributed by atoms with Crippen molar-refractivity contribution in [3.63, 3.8) is 0 Å². The zero-order valence-corrected chi connectivity index (χ0v) is 18.1. The molecule has 4 aromatic carbocycles. The molecule has 0 aliphatic rings. The molecule has 0 aromatic heterocycles. The maximum Gasteiger partial charge on any atom is 0.197 e. The summed E-state index contributed by atoms with van der Waals surface area (Å²) in [5.74, 6) is 0. The number of nitrogens with two attached hydrogens (primary N) is 2. The number of hydrogen-bond acceptors (Lipinski definition) is 3. The molecule has 0 heterocycles. The van der Waals surface area contributed by atoms with E-state index in [0.29, 0.717) is 6.54 Å². The second kappa shape index (κ2) is 8.33. The minimum absolute atomic E-state index is 0.570. The van der Waals surface area contributed by atoms with E-state index >= 15 is 0 Å². The number of rotatable bonds is 7. The van der Waals surface area contributed by atoms with Crippen LogP contribution in [0.4, 0.5) is 0 Å². The molecule has 5 heteroatoms. The zero-order chi connectivity index (χ0) is 18.6. The molecule has 0 aliphatic carbocycles. The summed E-state index contributed by atoms with van der Waals surface area (Å²) in [4.78, 5) is 0. The molecule has 0 saturated heterocycles. The SMILES string of the molecule is NCC[SiH2]O[SiH](CCN)c1cccc2ccc3cc4ccccc4cc3c12. The van der Waals surface area contributed by atoms with Crippen LogP contribution in [0.3, 0.4) is 0 Å². The van der Waals surface area contributed by atoms with Gasteiger partial charge in [-0.25, -0.2) is 0 Å². The van der Waals surface area contributed by atoms with Crippen molar-refractivity contribution >= 4 is 56.3 Å². The van der Waals surface area contributed by atoms with Crippen molar-refractivity contribution < 1.29 is 4.12 Å². The summed E-state index contributed by atoms with van der Waals surface area (Å²) in [5.41, 5.74) is 11.6. The third kappa shape index (κ3) is 3.69. The van der Waals surface area contributed by atoms with Crippen LogP contribution in [0.5, 0.6) is 0 Å². The molecule has 0 saturated carbocycles. The Bertz CT molecular complexity index is 1080. The molecule has 0 bridgehead atoms. The monoisotopic (exact) mass is 390 g/mol. The largest absolute Gasteiger partial charge is 0.459 e. The van der Waals surface area contributed by atoms with Gasteiger partial charge in [0, 0.05) is 0 Å². The van der Waals surface area contributed by atoms with Gasteiger partial charge in [-0.2, -0.15) is 0 Å². The van der Waals surface area contributed by atoms with Gasteiger partial charge in [-0.05, 0) is 74.8 Å². The molecule has 3 nitrogen and oxygen atoms in total. The highest BCUT2D eigenvalue weighted by Gasteiger charge is 2.18. The molecule has 4 aromatic rings. The number of hydrogen-bond donors (Lipinski definition) is 2. The third-order valence-electron chi connectivity index (χ3n) is 5.20. The van der Waals surface area contributed by atoms with Crippen LogP contribution in [0.25, 0.3) is 32.3 Å². The lowest BCUT2D eigenvalue weighted by atomic mass is 9.98. The van der Waals surface area contributed by atoms with Crippen LogP contribution in [0.15, 0.2) is 66.7 Å². The average molecular weight is 391 g/mol. The summed E-state index contributed by atoms with van der Waals surface area (Å²) in [5, 5.41) is 9.20. The summed E-state index contributed by atoms with van der Waals surface area (Å²) in [7, 11) is -2.13. The highest BCUT2D eigenvalue weighted by atomic mass is 28.3. The second-order valence-electron chi connectivity index (χ2n) is 7.01. The van der Waals surface area contributed by atoms with Crippen molar-refractivity contribution in [1.82, 2.24) is 0 Å². The predicted octanol–water partition coefficient (Wildman–Crippen LogP) is 2.51. The molecule has 0 fully saturated rings. The molecule has 0 radical (unpaired) electrons. The topological polar surface area (TPSA) is 61.3 Å². The van der Waals surface area contributed by atoms with Gasteiger partial charge in [0.2, 0.25) is 0 Å². The van der Waals surface area contributed by atoms with E-state index in [-0.39, 0.29) is 0 Å². The van der Waals surface area contributed by atoms with E-state index in [4.69, 9.17) is 15.6 Å². The van der Waals surface area contributed by atoms with E-state index in [2.05, 4.69) is 66.7 Å². The molecular formula is C22H26N2OSi2. The van der Waals surface area contributed by atoms with Gasteiger partial charge in [0.25, 0.3) is 0 Å². The fourth-order valence-electron chi connectivity index (χ4n) is 3.89. The van der Waals surface area contributed by atoms with Crippen LogP contribution < -0.4 is 16.7 Å². The van der Waals surface area contributed by atoms with Crippen molar-refractivity contribution in [2.45, 2.75) is 12.1 Å². The van der Waals surface area contributed by atoms with E-state index in [0.717, 1.165) is 18.6 Å². The van der Waals surface area contributed by atoms with Crippen LogP contribution >= 0.6 is 0 Å². The normalized spacial score (nSPS) is 13.3. The van der Waals surface area contributed by atoms with Gasteiger partial charge in [-0.3, -0.25) is 0 Å². The first-order chi connectivity index (χ1) is 13.3. The van der Waals surface area contributed by atoms with Gasteiger partial charge in [0.05, 0.1) is 0 Å². The lowest BCUT2D eigenvalue weighted by molar-refractivity contribution is 0.616. The first-order valence-electron chi connectivity index (χ1n) is 9.67.